The lowest BCUT2D eigenvalue weighted by molar-refractivity contribution is 0.118. The second-order valence-corrected chi connectivity index (χ2v) is 3.89. The van der Waals surface area contributed by atoms with Gasteiger partial charge in [0, 0.05) is 12.6 Å². The second kappa shape index (κ2) is 8.52. The van der Waals surface area contributed by atoms with E-state index in [1.165, 1.54) is 12.8 Å². The molecule has 0 aromatic heterocycles. The van der Waals surface area contributed by atoms with Crippen molar-refractivity contribution in [3.63, 3.8) is 0 Å². The van der Waals surface area contributed by atoms with E-state index in [1.807, 2.05) is 6.92 Å². The van der Waals surface area contributed by atoms with Crippen LogP contribution in [-0.2, 0) is 4.74 Å². The van der Waals surface area contributed by atoms with E-state index in [0.29, 0.717) is 6.04 Å². The SMILES string of the molecule is CCNC(CCC(C)C)COCC. The number of likely N-dealkylation sites (N-methyl/N-ethyl adjacent to an activating group) is 1. The molecule has 0 radical (unpaired) electrons. The van der Waals surface area contributed by atoms with Gasteiger partial charge >= 0.3 is 0 Å². The Morgan fingerprint density at radius 1 is 1.15 bits per heavy atom. The van der Waals surface area contributed by atoms with E-state index in [1.54, 1.807) is 0 Å². The number of rotatable bonds is 8. The molecule has 0 heterocycles. The van der Waals surface area contributed by atoms with Crippen molar-refractivity contribution in [1.29, 1.82) is 0 Å². The van der Waals surface area contributed by atoms with Gasteiger partial charge in [-0.25, -0.2) is 0 Å². The fraction of sp³-hybridized carbons (Fsp3) is 1.00. The first-order valence-corrected chi connectivity index (χ1v) is 5.51. The molecule has 0 spiro atoms. The summed E-state index contributed by atoms with van der Waals surface area (Å²) in [5.41, 5.74) is 0. The molecule has 0 bridgehead atoms. The van der Waals surface area contributed by atoms with Crippen molar-refractivity contribution in [2.24, 2.45) is 5.92 Å². The molecule has 0 fully saturated rings. The summed E-state index contributed by atoms with van der Waals surface area (Å²) >= 11 is 0. The molecule has 1 unspecified atom stereocenters. The minimum absolute atomic E-state index is 0.548. The molecule has 0 aromatic rings. The molecule has 0 aromatic carbocycles. The number of hydrogen-bond donors (Lipinski definition) is 1. The molecule has 0 aliphatic rings. The average molecular weight is 187 g/mol. The van der Waals surface area contributed by atoms with E-state index >= 15 is 0 Å². The quantitative estimate of drug-likeness (QED) is 0.630. The summed E-state index contributed by atoms with van der Waals surface area (Å²) in [6, 6.07) is 0.548. The Hall–Kier alpha value is -0.0800. The smallest absolute Gasteiger partial charge is 0.0619 e. The lowest BCUT2D eigenvalue weighted by Crippen LogP contribution is -2.33. The first kappa shape index (κ1) is 12.9. The lowest BCUT2D eigenvalue weighted by Gasteiger charge is -2.18. The van der Waals surface area contributed by atoms with Gasteiger partial charge in [0.1, 0.15) is 0 Å². The van der Waals surface area contributed by atoms with Crippen LogP contribution in [0, 0.1) is 5.92 Å². The Morgan fingerprint density at radius 2 is 1.85 bits per heavy atom. The fourth-order valence-electron chi connectivity index (χ4n) is 1.33. The van der Waals surface area contributed by atoms with Crippen LogP contribution in [-0.4, -0.2) is 25.8 Å². The minimum Gasteiger partial charge on any atom is -0.380 e. The molecule has 2 nitrogen and oxygen atoms in total. The highest BCUT2D eigenvalue weighted by Gasteiger charge is 2.07. The van der Waals surface area contributed by atoms with E-state index in [4.69, 9.17) is 4.74 Å². The van der Waals surface area contributed by atoms with Crippen molar-refractivity contribution in [1.82, 2.24) is 5.32 Å². The van der Waals surface area contributed by atoms with Crippen LogP contribution >= 0.6 is 0 Å². The predicted molar refractivity (Wildman–Crippen MR) is 58.0 cm³/mol. The fourth-order valence-corrected chi connectivity index (χ4v) is 1.33. The maximum Gasteiger partial charge on any atom is 0.0619 e. The first-order valence-electron chi connectivity index (χ1n) is 5.51. The monoisotopic (exact) mass is 187 g/mol. The Kier molecular flexibility index (Phi) is 8.46. The molecule has 0 saturated carbocycles. The van der Waals surface area contributed by atoms with Gasteiger partial charge in [-0.2, -0.15) is 0 Å². The Morgan fingerprint density at radius 3 is 2.31 bits per heavy atom. The van der Waals surface area contributed by atoms with Crippen LogP contribution in [0.5, 0.6) is 0 Å². The van der Waals surface area contributed by atoms with Gasteiger partial charge in [0.05, 0.1) is 6.61 Å². The molecular weight excluding hydrogens is 162 g/mol. The van der Waals surface area contributed by atoms with Crippen molar-refractivity contribution < 1.29 is 4.74 Å². The van der Waals surface area contributed by atoms with Crippen molar-refractivity contribution in [3.8, 4) is 0 Å². The van der Waals surface area contributed by atoms with Crippen LogP contribution in [0.3, 0.4) is 0 Å². The maximum absolute atomic E-state index is 5.42. The zero-order valence-corrected chi connectivity index (χ0v) is 9.60. The number of hydrogen-bond acceptors (Lipinski definition) is 2. The maximum atomic E-state index is 5.42. The third-order valence-corrected chi connectivity index (χ3v) is 2.11. The standard InChI is InChI=1S/C11H25NO/c1-5-12-11(9-13-6-2)8-7-10(3)4/h10-12H,5-9H2,1-4H3. The van der Waals surface area contributed by atoms with Gasteiger partial charge in [0.2, 0.25) is 0 Å². The van der Waals surface area contributed by atoms with Crippen LogP contribution < -0.4 is 5.32 Å². The summed E-state index contributed by atoms with van der Waals surface area (Å²) in [6.07, 6.45) is 2.51. The van der Waals surface area contributed by atoms with Crippen LogP contribution in [0.1, 0.15) is 40.5 Å². The highest BCUT2D eigenvalue weighted by molar-refractivity contribution is 4.65. The zero-order chi connectivity index (χ0) is 10.1. The summed E-state index contributed by atoms with van der Waals surface area (Å²) in [5.74, 6) is 0.794. The van der Waals surface area contributed by atoms with E-state index in [2.05, 4.69) is 26.1 Å². The largest absolute Gasteiger partial charge is 0.380 e. The molecule has 0 saturated heterocycles. The molecular formula is C11H25NO. The van der Waals surface area contributed by atoms with Crippen LogP contribution in [0.15, 0.2) is 0 Å². The third kappa shape index (κ3) is 8.26. The molecule has 1 atom stereocenters. The first-order chi connectivity index (χ1) is 6.20. The van der Waals surface area contributed by atoms with Crippen LogP contribution in [0.2, 0.25) is 0 Å². The van der Waals surface area contributed by atoms with Crippen LogP contribution in [0.25, 0.3) is 0 Å². The van der Waals surface area contributed by atoms with Crippen molar-refractivity contribution in [2.45, 2.75) is 46.6 Å². The van der Waals surface area contributed by atoms with Crippen molar-refractivity contribution >= 4 is 0 Å². The number of nitrogens with one attached hydrogen (secondary N) is 1. The van der Waals surface area contributed by atoms with Gasteiger partial charge in [0.25, 0.3) is 0 Å². The van der Waals surface area contributed by atoms with Crippen molar-refractivity contribution in [3.05, 3.63) is 0 Å². The van der Waals surface area contributed by atoms with Gasteiger partial charge < -0.3 is 10.1 Å². The Balaban J connectivity index is 3.53. The normalized spacial score (nSPS) is 13.6. The third-order valence-electron chi connectivity index (χ3n) is 2.11. The van der Waals surface area contributed by atoms with Crippen LogP contribution in [0.4, 0.5) is 0 Å². The lowest BCUT2D eigenvalue weighted by atomic mass is 10.0. The summed E-state index contributed by atoms with van der Waals surface area (Å²) < 4.78 is 5.42. The summed E-state index contributed by atoms with van der Waals surface area (Å²) in [4.78, 5) is 0. The number of ether oxygens (including phenoxy) is 1. The summed E-state index contributed by atoms with van der Waals surface area (Å²) in [6.45, 7) is 11.4. The van der Waals surface area contributed by atoms with Gasteiger partial charge in [0.15, 0.2) is 0 Å². The van der Waals surface area contributed by atoms with Crippen molar-refractivity contribution in [2.75, 3.05) is 19.8 Å². The van der Waals surface area contributed by atoms with Gasteiger partial charge in [-0.15, -0.1) is 0 Å². The Labute approximate surface area is 83.1 Å². The van der Waals surface area contributed by atoms with Gasteiger partial charge in [-0.3, -0.25) is 0 Å². The van der Waals surface area contributed by atoms with E-state index in [0.717, 1.165) is 25.7 Å². The molecule has 13 heavy (non-hydrogen) atoms. The molecule has 80 valence electrons. The zero-order valence-electron chi connectivity index (χ0n) is 9.60. The molecule has 1 N–H and O–H groups in total. The van der Waals surface area contributed by atoms with E-state index < -0.39 is 0 Å². The van der Waals surface area contributed by atoms with Gasteiger partial charge in [-0.1, -0.05) is 20.8 Å². The predicted octanol–water partition coefficient (Wildman–Crippen LogP) is 2.44. The molecule has 2 heteroatoms. The molecule has 0 rings (SSSR count). The highest BCUT2D eigenvalue weighted by atomic mass is 16.5. The molecule has 0 aliphatic carbocycles. The highest BCUT2D eigenvalue weighted by Crippen LogP contribution is 2.07. The minimum atomic E-state index is 0.548. The van der Waals surface area contributed by atoms with Gasteiger partial charge in [-0.05, 0) is 32.2 Å². The van der Waals surface area contributed by atoms with E-state index in [-0.39, 0.29) is 0 Å². The second-order valence-electron chi connectivity index (χ2n) is 3.89. The average Bonchev–Trinajstić information content (AvgIpc) is 2.09. The summed E-state index contributed by atoms with van der Waals surface area (Å²) in [5, 5.41) is 3.45. The Bertz CT molecular complexity index is 104. The van der Waals surface area contributed by atoms with E-state index in [9.17, 15) is 0 Å². The topological polar surface area (TPSA) is 21.3 Å². The molecule has 0 aliphatic heterocycles. The molecule has 0 amide bonds. The summed E-state index contributed by atoms with van der Waals surface area (Å²) in [7, 11) is 0.